The number of piperidine rings is 1. The molecule has 0 amide bonds. The SMILES string of the molecule is C=C1C(c2nnn(-c3ccccc3)n2)C(F)CCN1c1nc(C)ccc1[N+](=O)[O-]. The first kappa shape index (κ1) is 18.7. The van der Waals surface area contributed by atoms with Crippen molar-refractivity contribution >= 4 is 11.5 Å². The number of aromatic nitrogens is 5. The van der Waals surface area contributed by atoms with Crippen LogP contribution in [0.3, 0.4) is 0 Å². The average molecular weight is 395 g/mol. The number of pyridine rings is 1. The van der Waals surface area contributed by atoms with Crippen molar-refractivity contribution in [1.82, 2.24) is 25.2 Å². The third-order valence-corrected chi connectivity index (χ3v) is 4.84. The summed E-state index contributed by atoms with van der Waals surface area (Å²) < 4.78 is 14.9. The summed E-state index contributed by atoms with van der Waals surface area (Å²) in [6, 6.07) is 12.1. The van der Waals surface area contributed by atoms with Gasteiger partial charge in [-0.2, -0.15) is 0 Å². The Labute approximate surface area is 165 Å². The van der Waals surface area contributed by atoms with Gasteiger partial charge in [0.1, 0.15) is 6.17 Å². The van der Waals surface area contributed by atoms with Gasteiger partial charge in [-0.25, -0.2) is 9.37 Å². The summed E-state index contributed by atoms with van der Waals surface area (Å²) >= 11 is 0. The van der Waals surface area contributed by atoms with Gasteiger partial charge in [0.2, 0.25) is 5.82 Å². The molecule has 2 atom stereocenters. The van der Waals surface area contributed by atoms with Crippen molar-refractivity contribution in [2.24, 2.45) is 0 Å². The zero-order valence-electron chi connectivity index (χ0n) is 15.6. The van der Waals surface area contributed by atoms with Crippen molar-refractivity contribution in [2.75, 3.05) is 11.4 Å². The smallest absolute Gasteiger partial charge is 0.311 e. The van der Waals surface area contributed by atoms with Crippen LogP contribution >= 0.6 is 0 Å². The molecule has 0 radical (unpaired) electrons. The average Bonchev–Trinajstić information content (AvgIpc) is 3.18. The molecule has 2 unspecified atom stereocenters. The Morgan fingerprint density at radius 2 is 2.00 bits per heavy atom. The normalized spacial score (nSPS) is 19.4. The van der Waals surface area contributed by atoms with Crippen LogP contribution in [-0.4, -0.2) is 42.8 Å². The number of hydrogen-bond acceptors (Lipinski definition) is 7. The van der Waals surface area contributed by atoms with Gasteiger partial charge in [-0.1, -0.05) is 24.8 Å². The lowest BCUT2D eigenvalue weighted by Crippen LogP contribution is -2.39. The molecule has 0 N–H and O–H groups in total. The van der Waals surface area contributed by atoms with Gasteiger partial charge in [0.05, 0.1) is 16.5 Å². The monoisotopic (exact) mass is 395 g/mol. The molecule has 3 aromatic rings. The number of allylic oxidation sites excluding steroid dienone is 1. The van der Waals surface area contributed by atoms with Crippen LogP contribution in [0.25, 0.3) is 5.69 Å². The Hall–Kier alpha value is -3.69. The summed E-state index contributed by atoms with van der Waals surface area (Å²) in [5.74, 6) is -0.554. The molecule has 1 saturated heterocycles. The number of halogens is 1. The van der Waals surface area contributed by atoms with Crippen LogP contribution in [0.5, 0.6) is 0 Å². The lowest BCUT2D eigenvalue weighted by molar-refractivity contribution is -0.384. The molecule has 10 heteroatoms. The minimum absolute atomic E-state index is 0.135. The molecule has 1 aliphatic rings. The van der Waals surface area contributed by atoms with Crippen molar-refractivity contribution in [3.8, 4) is 5.69 Å². The number of alkyl halides is 1. The summed E-state index contributed by atoms with van der Waals surface area (Å²) in [6.07, 6.45) is -1.15. The fraction of sp³-hybridized carbons (Fsp3) is 0.263. The second-order valence-corrected chi connectivity index (χ2v) is 6.75. The van der Waals surface area contributed by atoms with E-state index in [9.17, 15) is 14.5 Å². The van der Waals surface area contributed by atoms with Gasteiger partial charge in [-0.15, -0.1) is 15.0 Å². The molecule has 4 rings (SSSR count). The Balaban J connectivity index is 1.70. The minimum Gasteiger partial charge on any atom is -0.324 e. The standard InChI is InChI=1S/C19H18FN7O2/c1-12-8-9-16(27(28)29)19(21-12)25-11-10-15(20)17(13(25)2)18-22-24-26(23-18)14-6-4-3-5-7-14/h3-9,15,17H,2,10-11H2,1H3. The Morgan fingerprint density at radius 3 is 2.72 bits per heavy atom. The zero-order chi connectivity index (χ0) is 20.5. The molecule has 0 spiro atoms. The summed E-state index contributed by atoms with van der Waals surface area (Å²) in [7, 11) is 0. The molecule has 3 heterocycles. The van der Waals surface area contributed by atoms with Gasteiger partial charge in [0.15, 0.2) is 5.82 Å². The van der Waals surface area contributed by atoms with Gasteiger partial charge >= 0.3 is 5.69 Å². The lowest BCUT2D eigenvalue weighted by Gasteiger charge is -2.36. The fourth-order valence-corrected chi connectivity index (χ4v) is 3.39. The maximum absolute atomic E-state index is 14.9. The van der Waals surface area contributed by atoms with E-state index >= 15 is 0 Å². The number of anilines is 1. The number of tetrazole rings is 1. The predicted octanol–water partition coefficient (Wildman–Crippen LogP) is 3.12. The summed E-state index contributed by atoms with van der Waals surface area (Å²) in [5.41, 5.74) is 1.47. The van der Waals surface area contributed by atoms with Crippen LogP contribution in [0.15, 0.2) is 54.7 Å². The molecule has 148 valence electrons. The second-order valence-electron chi connectivity index (χ2n) is 6.75. The fourth-order valence-electron chi connectivity index (χ4n) is 3.39. The van der Waals surface area contributed by atoms with E-state index in [1.807, 2.05) is 18.2 Å². The van der Waals surface area contributed by atoms with E-state index < -0.39 is 17.0 Å². The number of benzene rings is 1. The first-order valence-electron chi connectivity index (χ1n) is 9.03. The van der Waals surface area contributed by atoms with Crippen LogP contribution < -0.4 is 4.90 Å². The van der Waals surface area contributed by atoms with Crippen molar-refractivity contribution in [1.29, 1.82) is 0 Å². The molecule has 1 aromatic carbocycles. The van der Waals surface area contributed by atoms with Crippen LogP contribution in [0.1, 0.15) is 23.9 Å². The molecule has 29 heavy (non-hydrogen) atoms. The van der Waals surface area contributed by atoms with E-state index in [-0.39, 0.29) is 30.3 Å². The molecule has 0 bridgehead atoms. The largest absolute Gasteiger partial charge is 0.324 e. The van der Waals surface area contributed by atoms with Crippen molar-refractivity contribution in [2.45, 2.75) is 25.4 Å². The quantitative estimate of drug-likeness (QED) is 0.494. The molecule has 0 aliphatic carbocycles. The third kappa shape index (κ3) is 3.44. The zero-order valence-corrected chi connectivity index (χ0v) is 15.6. The van der Waals surface area contributed by atoms with E-state index in [1.165, 1.54) is 10.9 Å². The van der Waals surface area contributed by atoms with E-state index in [4.69, 9.17) is 0 Å². The highest BCUT2D eigenvalue weighted by molar-refractivity contribution is 5.62. The molecule has 1 aliphatic heterocycles. The van der Waals surface area contributed by atoms with Gasteiger partial charge in [0.25, 0.3) is 0 Å². The van der Waals surface area contributed by atoms with Crippen LogP contribution in [0, 0.1) is 17.0 Å². The Kier molecular flexibility index (Phi) is 4.75. The maximum Gasteiger partial charge on any atom is 0.311 e. The van der Waals surface area contributed by atoms with Crippen LogP contribution in [-0.2, 0) is 0 Å². The maximum atomic E-state index is 14.9. The molecule has 2 aromatic heterocycles. The molecule has 0 saturated carbocycles. The molecular formula is C19H18FN7O2. The Morgan fingerprint density at radius 1 is 1.24 bits per heavy atom. The first-order chi connectivity index (χ1) is 14.0. The van der Waals surface area contributed by atoms with Gasteiger partial charge < -0.3 is 4.90 Å². The second kappa shape index (κ2) is 7.38. The number of para-hydroxylation sites is 1. The number of aryl methyl sites for hydroxylation is 1. The highest BCUT2D eigenvalue weighted by atomic mass is 19.1. The predicted molar refractivity (Wildman–Crippen MR) is 104 cm³/mol. The first-order valence-corrected chi connectivity index (χ1v) is 9.03. The van der Waals surface area contributed by atoms with Crippen molar-refractivity contribution in [3.63, 3.8) is 0 Å². The van der Waals surface area contributed by atoms with Crippen molar-refractivity contribution < 1.29 is 9.31 Å². The number of rotatable bonds is 4. The summed E-state index contributed by atoms with van der Waals surface area (Å²) in [6.45, 7) is 5.96. The molecule has 9 nitrogen and oxygen atoms in total. The molecule has 1 fully saturated rings. The molecular weight excluding hydrogens is 377 g/mol. The van der Waals surface area contributed by atoms with E-state index in [1.54, 1.807) is 30.0 Å². The van der Waals surface area contributed by atoms with Gasteiger partial charge in [-0.3, -0.25) is 10.1 Å². The van der Waals surface area contributed by atoms with E-state index in [0.29, 0.717) is 17.1 Å². The van der Waals surface area contributed by atoms with E-state index in [2.05, 4.69) is 27.0 Å². The Bertz CT molecular complexity index is 1070. The highest BCUT2D eigenvalue weighted by Gasteiger charge is 2.39. The van der Waals surface area contributed by atoms with E-state index in [0.717, 1.165) is 0 Å². The number of hydrogen-bond donors (Lipinski definition) is 0. The highest BCUT2D eigenvalue weighted by Crippen LogP contribution is 2.40. The summed E-state index contributed by atoms with van der Waals surface area (Å²) in [4.78, 5) is 18.2. The number of nitro groups is 1. The summed E-state index contributed by atoms with van der Waals surface area (Å²) in [5, 5.41) is 23.8. The topological polar surface area (TPSA) is 103 Å². The van der Waals surface area contributed by atoms with Crippen LogP contribution in [0.2, 0.25) is 0 Å². The van der Waals surface area contributed by atoms with Gasteiger partial charge in [-0.05, 0) is 36.8 Å². The number of nitrogens with zero attached hydrogens (tertiary/aromatic N) is 7. The third-order valence-electron chi connectivity index (χ3n) is 4.84. The van der Waals surface area contributed by atoms with Crippen molar-refractivity contribution in [3.05, 3.63) is 76.4 Å². The minimum atomic E-state index is -1.28. The van der Waals surface area contributed by atoms with Gasteiger partial charge in [0, 0.05) is 24.0 Å². The lowest BCUT2D eigenvalue weighted by atomic mass is 9.92. The van der Waals surface area contributed by atoms with Crippen LogP contribution in [0.4, 0.5) is 15.9 Å².